The third-order valence-electron chi connectivity index (χ3n) is 3.43. The highest BCUT2D eigenvalue weighted by Gasteiger charge is 2.38. The molecule has 0 amide bonds. The second-order valence-corrected chi connectivity index (χ2v) is 5.19. The van der Waals surface area contributed by atoms with Gasteiger partial charge in [-0.05, 0) is 17.7 Å². The van der Waals surface area contributed by atoms with Crippen LogP contribution >= 0.6 is 0 Å². The van der Waals surface area contributed by atoms with E-state index in [1.807, 2.05) is 18.2 Å². The molecule has 0 radical (unpaired) electrons. The maximum atomic E-state index is 12.4. The lowest BCUT2D eigenvalue weighted by Crippen LogP contribution is -2.32. The molecule has 0 bridgehead atoms. The van der Waals surface area contributed by atoms with Gasteiger partial charge in [0.1, 0.15) is 6.33 Å². The minimum absolute atomic E-state index is 0.517. The fraction of sp³-hybridized carbons (Fsp3) is 0.188. The molecule has 1 aromatic carbocycles. The van der Waals surface area contributed by atoms with Crippen LogP contribution in [0.2, 0.25) is 0 Å². The van der Waals surface area contributed by atoms with E-state index in [0.29, 0.717) is 5.69 Å². The van der Waals surface area contributed by atoms with Crippen molar-refractivity contribution in [3.05, 3.63) is 55.2 Å². The Morgan fingerprint density at radius 3 is 2.46 bits per heavy atom. The minimum atomic E-state index is -4.67. The van der Waals surface area contributed by atoms with Crippen molar-refractivity contribution >= 4 is 0 Å². The van der Waals surface area contributed by atoms with Gasteiger partial charge in [0.05, 0.1) is 12.2 Å². The first-order valence-electron chi connectivity index (χ1n) is 7.07. The predicted molar refractivity (Wildman–Crippen MR) is 80.8 cm³/mol. The summed E-state index contributed by atoms with van der Waals surface area (Å²) in [5, 5.41) is 13.2. The Balaban J connectivity index is 1.83. The van der Waals surface area contributed by atoms with Gasteiger partial charge < -0.3 is 5.11 Å². The summed E-state index contributed by atoms with van der Waals surface area (Å²) in [6.45, 7) is -0.643. The first-order chi connectivity index (χ1) is 11.4. The molecule has 3 rings (SSSR count). The zero-order chi connectivity index (χ0) is 17.2. The molecular weight excluding hydrogens is 321 g/mol. The van der Waals surface area contributed by atoms with Gasteiger partial charge >= 0.3 is 6.18 Å². The number of hydrogen-bond acceptors (Lipinski definition) is 4. The van der Waals surface area contributed by atoms with E-state index in [9.17, 15) is 13.2 Å². The van der Waals surface area contributed by atoms with Gasteiger partial charge in [-0.15, -0.1) is 0 Å². The van der Waals surface area contributed by atoms with Crippen molar-refractivity contribution in [1.82, 2.24) is 19.7 Å². The topological polar surface area (TPSA) is 63.8 Å². The molecule has 0 aliphatic carbocycles. The molecule has 0 saturated carbocycles. The van der Waals surface area contributed by atoms with E-state index in [-0.39, 0.29) is 0 Å². The molecule has 8 heteroatoms. The molecule has 24 heavy (non-hydrogen) atoms. The highest BCUT2D eigenvalue weighted by molar-refractivity contribution is 5.70. The van der Waals surface area contributed by atoms with Gasteiger partial charge in [0.25, 0.3) is 0 Å². The molecule has 124 valence electrons. The molecule has 0 aliphatic rings. The monoisotopic (exact) mass is 334 g/mol. The molecule has 2 aromatic heterocycles. The van der Waals surface area contributed by atoms with Crippen molar-refractivity contribution in [3.63, 3.8) is 0 Å². The van der Waals surface area contributed by atoms with Gasteiger partial charge in [-0.2, -0.15) is 18.3 Å². The predicted octanol–water partition coefficient (Wildman–Crippen LogP) is 2.93. The van der Waals surface area contributed by atoms with Crippen LogP contribution in [0.25, 0.3) is 22.4 Å². The summed E-state index contributed by atoms with van der Waals surface area (Å²) in [5.74, 6) is 0. The van der Waals surface area contributed by atoms with Crippen LogP contribution in [0.1, 0.15) is 0 Å². The summed E-state index contributed by atoms with van der Waals surface area (Å²) in [5.41, 5.74) is 2.96. The van der Waals surface area contributed by atoms with Crippen LogP contribution in [0, 0.1) is 0 Å². The summed E-state index contributed by atoms with van der Waals surface area (Å²) >= 11 is 0. The second-order valence-electron chi connectivity index (χ2n) is 5.19. The summed E-state index contributed by atoms with van der Waals surface area (Å²) < 4.78 is 38.3. The van der Waals surface area contributed by atoms with Gasteiger partial charge in [0.15, 0.2) is 6.10 Å². The number of alkyl halides is 3. The van der Waals surface area contributed by atoms with Crippen LogP contribution in [-0.2, 0) is 6.54 Å². The average molecular weight is 334 g/mol. The Morgan fingerprint density at radius 1 is 1.04 bits per heavy atom. The summed E-state index contributed by atoms with van der Waals surface area (Å²) in [6, 6.07) is 8.96. The maximum absolute atomic E-state index is 12.4. The van der Waals surface area contributed by atoms with E-state index in [0.717, 1.165) is 21.4 Å². The molecule has 0 saturated heterocycles. The standard InChI is InChI=1S/C16H13F3N4O/c17-16(18,19)15(24)9-23-5-4-14(22-23)12-3-1-2-11(6-12)13-7-20-10-21-8-13/h1-8,10,15,24H,9H2/t15-/m1/s1. The van der Waals surface area contributed by atoms with E-state index in [1.165, 1.54) is 12.5 Å². The van der Waals surface area contributed by atoms with Gasteiger partial charge in [-0.25, -0.2) is 9.97 Å². The smallest absolute Gasteiger partial charge is 0.382 e. The van der Waals surface area contributed by atoms with Gasteiger partial charge in [-0.3, -0.25) is 4.68 Å². The van der Waals surface area contributed by atoms with Crippen LogP contribution < -0.4 is 0 Å². The molecule has 1 N–H and O–H groups in total. The Kier molecular flexibility index (Phi) is 4.30. The molecule has 0 aliphatic heterocycles. The third kappa shape index (κ3) is 3.60. The Labute approximate surface area is 135 Å². The SMILES string of the molecule is O[C@H](Cn1ccc(-c2cccc(-c3cncnc3)c2)n1)C(F)(F)F. The number of halogens is 3. The third-order valence-corrected chi connectivity index (χ3v) is 3.43. The van der Waals surface area contributed by atoms with Crippen molar-refractivity contribution in [3.8, 4) is 22.4 Å². The lowest BCUT2D eigenvalue weighted by molar-refractivity contribution is -0.208. The molecular formula is C16H13F3N4O. The zero-order valence-electron chi connectivity index (χ0n) is 12.4. The van der Waals surface area contributed by atoms with Crippen LogP contribution in [0.5, 0.6) is 0 Å². The van der Waals surface area contributed by atoms with Crippen molar-refractivity contribution in [2.75, 3.05) is 0 Å². The van der Waals surface area contributed by atoms with E-state index in [2.05, 4.69) is 15.1 Å². The van der Waals surface area contributed by atoms with Crippen molar-refractivity contribution in [2.45, 2.75) is 18.8 Å². The molecule has 0 unspecified atom stereocenters. The van der Waals surface area contributed by atoms with Crippen molar-refractivity contribution in [2.24, 2.45) is 0 Å². The number of benzene rings is 1. The molecule has 5 nitrogen and oxygen atoms in total. The van der Waals surface area contributed by atoms with Crippen molar-refractivity contribution in [1.29, 1.82) is 0 Å². The lowest BCUT2D eigenvalue weighted by atomic mass is 10.0. The molecule has 0 spiro atoms. The van der Waals surface area contributed by atoms with Crippen molar-refractivity contribution < 1.29 is 18.3 Å². The maximum Gasteiger partial charge on any atom is 0.416 e. The summed E-state index contributed by atoms with van der Waals surface area (Å²) in [4.78, 5) is 7.92. The summed E-state index contributed by atoms with van der Waals surface area (Å²) in [6.07, 6.45) is -0.935. The molecule has 0 fully saturated rings. The van der Waals surface area contributed by atoms with Crippen LogP contribution in [-0.4, -0.2) is 37.1 Å². The quantitative estimate of drug-likeness (QED) is 0.797. The fourth-order valence-corrected chi connectivity index (χ4v) is 2.20. The highest BCUT2D eigenvalue weighted by Crippen LogP contribution is 2.25. The number of aliphatic hydroxyl groups excluding tert-OH is 1. The normalized spacial score (nSPS) is 13.0. The number of nitrogens with zero attached hydrogens (tertiary/aromatic N) is 4. The molecule has 2 heterocycles. The molecule has 1 atom stereocenters. The van der Waals surface area contributed by atoms with Crippen LogP contribution in [0.15, 0.2) is 55.2 Å². The van der Waals surface area contributed by atoms with E-state index in [1.54, 1.807) is 24.5 Å². The fourth-order valence-electron chi connectivity index (χ4n) is 2.20. The molecule has 3 aromatic rings. The first kappa shape index (κ1) is 16.1. The highest BCUT2D eigenvalue weighted by atomic mass is 19.4. The van der Waals surface area contributed by atoms with E-state index in [4.69, 9.17) is 5.11 Å². The second kappa shape index (κ2) is 6.40. The van der Waals surface area contributed by atoms with Gasteiger partial charge in [0, 0.05) is 29.7 Å². The Hall–Kier alpha value is -2.74. The Bertz CT molecular complexity index is 817. The number of hydrogen-bond donors (Lipinski definition) is 1. The first-order valence-corrected chi connectivity index (χ1v) is 7.07. The number of aliphatic hydroxyl groups is 1. The summed E-state index contributed by atoms with van der Waals surface area (Å²) in [7, 11) is 0. The number of rotatable bonds is 4. The zero-order valence-corrected chi connectivity index (χ0v) is 12.4. The number of aromatic nitrogens is 4. The van der Waals surface area contributed by atoms with Gasteiger partial charge in [0.2, 0.25) is 0 Å². The van der Waals surface area contributed by atoms with Crippen LogP contribution in [0.4, 0.5) is 13.2 Å². The van der Waals surface area contributed by atoms with E-state index < -0.39 is 18.8 Å². The minimum Gasteiger partial charge on any atom is -0.382 e. The largest absolute Gasteiger partial charge is 0.416 e. The van der Waals surface area contributed by atoms with Crippen LogP contribution in [0.3, 0.4) is 0 Å². The average Bonchev–Trinajstić information content (AvgIpc) is 3.03. The van der Waals surface area contributed by atoms with Gasteiger partial charge in [-0.1, -0.05) is 18.2 Å². The lowest BCUT2D eigenvalue weighted by Gasteiger charge is -2.14. The Morgan fingerprint density at radius 2 is 1.75 bits per heavy atom. The van der Waals surface area contributed by atoms with E-state index >= 15 is 0 Å².